The molecular formula is C12H16Cl3N3. The van der Waals surface area contributed by atoms with Crippen molar-refractivity contribution in [3.63, 3.8) is 0 Å². The fourth-order valence-electron chi connectivity index (χ4n) is 2.11. The summed E-state index contributed by atoms with van der Waals surface area (Å²) in [5, 5.41) is 1.26. The van der Waals surface area contributed by atoms with Crippen LogP contribution in [0.15, 0.2) is 6.07 Å². The largest absolute Gasteiger partial charge is 0.353 e. The third-order valence-corrected chi connectivity index (χ3v) is 4.16. The molecular weight excluding hydrogens is 293 g/mol. The number of nitrogens with zero attached hydrogens (tertiary/aromatic N) is 3. The number of halogens is 3. The van der Waals surface area contributed by atoms with Crippen LogP contribution >= 0.6 is 34.8 Å². The minimum atomic E-state index is 0.308. The molecule has 0 bridgehead atoms. The second kappa shape index (κ2) is 5.83. The van der Waals surface area contributed by atoms with Gasteiger partial charge in [0.15, 0.2) is 0 Å². The van der Waals surface area contributed by atoms with E-state index in [2.05, 4.69) is 28.6 Å². The Morgan fingerprint density at radius 2 is 1.67 bits per heavy atom. The Bertz CT molecular complexity index is 429. The van der Waals surface area contributed by atoms with Crippen LogP contribution in [0.25, 0.3) is 0 Å². The molecule has 6 heteroatoms. The van der Waals surface area contributed by atoms with Crippen molar-refractivity contribution in [1.29, 1.82) is 0 Å². The molecule has 1 aliphatic heterocycles. The van der Waals surface area contributed by atoms with Gasteiger partial charge in [-0.3, -0.25) is 4.90 Å². The fourth-order valence-corrected chi connectivity index (χ4v) is 2.72. The highest BCUT2D eigenvalue weighted by molar-refractivity contribution is 6.42. The second-order valence-corrected chi connectivity index (χ2v) is 5.86. The van der Waals surface area contributed by atoms with Crippen LogP contribution in [0.5, 0.6) is 0 Å². The molecule has 1 saturated heterocycles. The lowest BCUT2D eigenvalue weighted by atomic mass is 10.2. The number of hydrogen-bond donors (Lipinski definition) is 0. The third-order valence-electron chi connectivity index (χ3n) is 3.21. The van der Waals surface area contributed by atoms with Crippen LogP contribution < -0.4 is 4.90 Å². The van der Waals surface area contributed by atoms with Gasteiger partial charge in [-0.05, 0) is 19.9 Å². The van der Waals surface area contributed by atoms with Gasteiger partial charge in [0.2, 0.25) is 0 Å². The average Bonchev–Trinajstić information content (AvgIpc) is 2.34. The Hall–Kier alpha value is -0.220. The normalized spacial score (nSPS) is 17.6. The van der Waals surface area contributed by atoms with Gasteiger partial charge in [0.1, 0.15) is 11.0 Å². The minimum absolute atomic E-state index is 0.308. The van der Waals surface area contributed by atoms with Gasteiger partial charge in [-0.1, -0.05) is 34.8 Å². The SMILES string of the molecule is CC(C)N1CCN(c2nc(Cl)c(Cl)cc2Cl)CC1. The minimum Gasteiger partial charge on any atom is -0.353 e. The van der Waals surface area contributed by atoms with E-state index < -0.39 is 0 Å². The van der Waals surface area contributed by atoms with Gasteiger partial charge < -0.3 is 4.90 Å². The molecule has 1 aromatic rings. The van der Waals surface area contributed by atoms with Crippen molar-refractivity contribution in [2.45, 2.75) is 19.9 Å². The summed E-state index contributed by atoms with van der Waals surface area (Å²) in [6.07, 6.45) is 0. The fraction of sp³-hybridized carbons (Fsp3) is 0.583. The summed E-state index contributed by atoms with van der Waals surface area (Å²) in [5.41, 5.74) is 0. The first-order chi connectivity index (χ1) is 8.49. The van der Waals surface area contributed by atoms with Crippen molar-refractivity contribution in [2.24, 2.45) is 0 Å². The molecule has 0 amide bonds. The molecule has 18 heavy (non-hydrogen) atoms. The lowest BCUT2D eigenvalue weighted by molar-refractivity contribution is 0.209. The van der Waals surface area contributed by atoms with E-state index in [1.165, 1.54) is 0 Å². The molecule has 0 aliphatic carbocycles. The summed E-state index contributed by atoms with van der Waals surface area (Å²) < 4.78 is 0. The van der Waals surface area contributed by atoms with E-state index in [-0.39, 0.29) is 0 Å². The van der Waals surface area contributed by atoms with Crippen LogP contribution in [-0.4, -0.2) is 42.1 Å². The molecule has 0 N–H and O–H groups in total. The van der Waals surface area contributed by atoms with E-state index in [9.17, 15) is 0 Å². The molecule has 3 nitrogen and oxygen atoms in total. The Morgan fingerprint density at radius 3 is 2.22 bits per heavy atom. The van der Waals surface area contributed by atoms with Crippen molar-refractivity contribution in [3.05, 3.63) is 21.3 Å². The standard InChI is InChI=1S/C12H16Cl3N3/c1-8(2)17-3-5-18(6-4-17)12-10(14)7-9(13)11(15)16-12/h7-8H,3-6H2,1-2H3. The van der Waals surface area contributed by atoms with Crippen molar-refractivity contribution >= 4 is 40.6 Å². The highest BCUT2D eigenvalue weighted by Gasteiger charge is 2.22. The van der Waals surface area contributed by atoms with E-state index in [0.717, 1.165) is 32.0 Å². The zero-order valence-electron chi connectivity index (χ0n) is 10.5. The van der Waals surface area contributed by atoms with Crippen LogP contribution in [0, 0.1) is 0 Å². The highest BCUT2D eigenvalue weighted by atomic mass is 35.5. The smallest absolute Gasteiger partial charge is 0.150 e. The van der Waals surface area contributed by atoms with Crippen molar-refractivity contribution in [3.8, 4) is 0 Å². The van der Waals surface area contributed by atoms with E-state index in [1.807, 2.05) is 0 Å². The van der Waals surface area contributed by atoms with Crippen molar-refractivity contribution in [2.75, 3.05) is 31.1 Å². The first kappa shape index (κ1) is 14.2. The number of piperazine rings is 1. The maximum atomic E-state index is 6.17. The monoisotopic (exact) mass is 307 g/mol. The molecule has 2 heterocycles. The predicted molar refractivity (Wildman–Crippen MR) is 78.2 cm³/mol. The molecule has 1 fully saturated rings. The summed E-state index contributed by atoms with van der Waals surface area (Å²) in [5.74, 6) is 0.731. The summed E-state index contributed by atoms with van der Waals surface area (Å²) in [4.78, 5) is 8.86. The zero-order chi connectivity index (χ0) is 13.3. The van der Waals surface area contributed by atoms with E-state index in [0.29, 0.717) is 21.2 Å². The second-order valence-electron chi connectivity index (χ2n) is 4.68. The maximum Gasteiger partial charge on any atom is 0.150 e. The number of rotatable bonds is 2. The lowest BCUT2D eigenvalue weighted by Crippen LogP contribution is -2.49. The van der Waals surface area contributed by atoms with Gasteiger partial charge in [0.25, 0.3) is 0 Å². The van der Waals surface area contributed by atoms with Gasteiger partial charge in [-0.2, -0.15) is 0 Å². The Labute approximate surface area is 123 Å². The quantitative estimate of drug-likeness (QED) is 0.779. The van der Waals surface area contributed by atoms with Crippen molar-refractivity contribution in [1.82, 2.24) is 9.88 Å². The molecule has 0 saturated carbocycles. The predicted octanol–water partition coefficient (Wildman–Crippen LogP) is 3.57. The number of anilines is 1. The van der Waals surface area contributed by atoms with Gasteiger partial charge in [0.05, 0.1) is 10.0 Å². The molecule has 1 aliphatic rings. The van der Waals surface area contributed by atoms with Gasteiger partial charge in [0, 0.05) is 32.2 Å². The van der Waals surface area contributed by atoms with E-state index in [1.54, 1.807) is 6.07 Å². The van der Waals surface area contributed by atoms with Crippen LogP contribution in [-0.2, 0) is 0 Å². The van der Waals surface area contributed by atoms with Crippen LogP contribution in [0.4, 0.5) is 5.82 Å². The Morgan fingerprint density at radius 1 is 1.06 bits per heavy atom. The molecule has 0 unspecified atom stereocenters. The molecule has 100 valence electrons. The highest BCUT2D eigenvalue weighted by Crippen LogP contribution is 2.31. The molecule has 0 atom stereocenters. The summed E-state index contributed by atoms with van der Waals surface area (Å²) in [6.45, 7) is 8.25. The molecule has 2 rings (SSSR count). The molecule has 0 aromatic carbocycles. The first-order valence-corrected chi connectivity index (χ1v) is 7.13. The van der Waals surface area contributed by atoms with Crippen LogP contribution in [0.3, 0.4) is 0 Å². The zero-order valence-corrected chi connectivity index (χ0v) is 12.7. The van der Waals surface area contributed by atoms with Crippen LogP contribution in [0.2, 0.25) is 15.2 Å². The van der Waals surface area contributed by atoms with Crippen molar-refractivity contribution < 1.29 is 0 Å². The first-order valence-electron chi connectivity index (χ1n) is 5.99. The molecule has 0 radical (unpaired) electrons. The lowest BCUT2D eigenvalue weighted by Gasteiger charge is -2.37. The maximum absolute atomic E-state index is 6.17. The van der Waals surface area contributed by atoms with E-state index >= 15 is 0 Å². The van der Waals surface area contributed by atoms with Gasteiger partial charge in [-0.25, -0.2) is 4.98 Å². The van der Waals surface area contributed by atoms with Gasteiger partial charge >= 0.3 is 0 Å². The number of aromatic nitrogens is 1. The topological polar surface area (TPSA) is 19.4 Å². The molecule has 1 aromatic heterocycles. The summed E-state index contributed by atoms with van der Waals surface area (Å²) in [7, 11) is 0. The molecule has 0 spiro atoms. The Balaban J connectivity index is 2.12. The van der Waals surface area contributed by atoms with Gasteiger partial charge in [-0.15, -0.1) is 0 Å². The Kier molecular flexibility index (Phi) is 4.59. The average molecular weight is 309 g/mol. The summed E-state index contributed by atoms with van der Waals surface area (Å²) in [6, 6.07) is 2.23. The number of pyridine rings is 1. The van der Waals surface area contributed by atoms with Crippen LogP contribution in [0.1, 0.15) is 13.8 Å². The number of hydrogen-bond acceptors (Lipinski definition) is 3. The third kappa shape index (κ3) is 3.02. The van der Waals surface area contributed by atoms with E-state index in [4.69, 9.17) is 34.8 Å². The summed E-state index contributed by atoms with van der Waals surface area (Å²) >= 11 is 18.0.